The first-order chi connectivity index (χ1) is 10.1. The molecule has 0 saturated heterocycles. The molecule has 1 unspecified atom stereocenters. The molecule has 0 aliphatic carbocycles. The van der Waals surface area contributed by atoms with E-state index in [0.717, 1.165) is 0 Å². The fourth-order valence-electron chi connectivity index (χ4n) is 1.64. The lowest BCUT2D eigenvalue weighted by molar-refractivity contribution is -0.150. The van der Waals surface area contributed by atoms with Crippen LogP contribution in [0.25, 0.3) is 0 Å². The number of hydrogen-bond acceptors (Lipinski definition) is 5. The zero-order chi connectivity index (χ0) is 16.9. The van der Waals surface area contributed by atoms with Gasteiger partial charge in [-0.3, -0.25) is 5.32 Å². The molecular formula is C15H20ClNO5. The summed E-state index contributed by atoms with van der Waals surface area (Å²) in [4.78, 5) is 22.8. The summed E-state index contributed by atoms with van der Waals surface area (Å²) in [5.41, 5.74) is 0.408. The number of rotatable bonds is 4. The third-order valence-electron chi connectivity index (χ3n) is 2.57. The number of benzene rings is 1. The van der Waals surface area contributed by atoms with Crippen molar-refractivity contribution in [3.63, 3.8) is 0 Å². The first-order valence-electron chi connectivity index (χ1n) is 6.66. The van der Waals surface area contributed by atoms with Crippen LogP contribution in [0, 0.1) is 0 Å². The molecule has 0 bridgehead atoms. The molecule has 6 nitrogen and oxygen atoms in total. The molecule has 2 N–H and O–H groups in total. The predicted molar refractivity (Wildman–Crippen MR) is 83.0 cm³/mol. The van der Waals surface area contributed by atoms with E-state index in [4.69, 9.17) is 16.3 Å². The van der Waals surface area contributed by atoms with Gasteiger partial charge in [-0.1, -0.05) is 17.7 Å². The Hall–Kier alpha value is -1.79. The number of methoxy groups -OCH3 is 1. The number of hydrogen-bond donors (Lipinski definition) is 2. The van der Waals surface area contributed by atoms with Crippen LogP contribution in [0.1, 0.15) is 26.3 Å². The molecule has 22 heavy (non-hydrogen) atoms. The topological polar surface area (TPSA) is 84.9 Å². The molecule has 0 heterocycles. The van der Waals surface area contributed by atoms with Crippen LogP contribution >= 0.6 is 11.6 Å². The molecule has 0 aliphatic heterocycles. The van der Waals surface area contributed by atoms with Gasteiger partial charge >= 0.3 is 12.1 Å². The third-order valence-corrected chi connectivity index (χ3v) is 2.88. The minimum absolute atomic E-state index is 0.0686. The number of carbonyl (C=O) groups excluding carboxylic acids is 2. The lowest BCUT2D eigenvalue weighted by atomic mass is 10.1. The summed E-state index contributed by atoms with van der Waals surface area (Å²) in [6.07, 6.45) is -1.80. The fourth-order valence-corrected chi connectivity index (χ4v) is 1.89. The average Bonchev–Trinajstić information content (AvgIpc) is 2.38. The van der Waals surface area contributed by atoms with E-state index < -0.39 is 23.8 Å². The van der Waals surface area contributed by atoms with E-state index in [0.29, 0.717) is 11.3 Å². The van der Waals surface area contributed by atoms with Gasteiger partial charge in [0, 0.05) is 6.42 Å². The summed E-state index contributed by atoms with van der Waals surface area (Å²) in [5, 5.41) is 12.4. The van der Waals surface area contributed by atoms with Gasteiger partial charge in [-0.05, 0) is 38.5 Å². The minimum Gasteiger partial charge on any atom is -0.467 e. The summed E-state index contributed by atoms with van der Waals surface area (Å²) in [6, 6.07) is 4.77. The lowest BCUT2D eigenvalue weighted by Crippen LogP contribution is -2.27. The van der Waals surface area contributed by atoms with Crippen LogP contribution < -0.4 is 5.32 Å². The molecule has 0 fully saturated rings. The number of amides is 1. The van der Waals surface area contributed by atoms with Crippen molar-refractivity contribution in [1.29, 1.82) is 0 Å². The van der Waals surface area contributed by atoms with E-state index in [1.165, 1.54) is 7.11 Å². The Morgan fingerprint density at radius 2 is 2.00 bits per heavy atom. The van der Waals surface area contributed by atoms with E-state index in [1.54, 1.807) is 39.0 Å². The minimum atomic E-state index is -1.26. The number of aliphatic hydroxyl groups excluding tert-OH is 1. The van der Waals surface area contributed by atoms with E-state index in [-0.39, 0.29) is 11.4 Å². The van der Waals surface area contributed by atoms with Gasteiger partial charge in [0.15, 0.2) is 6.10 Å². The zero-order valence-electron chi connectivity index (χ0n) is 13.0. The molecule has 0 spiro atoms. The molecule has 1 amide bonds. The van der Waals surface area contributed by atoms with Crippen LogP contribution in [0.15, 0.2) is 18.2 Å². The van der Waals surface area contributed by atoms with Gasteiger partial charge in [-0.15, -0.1) is 0 Å². The SMILES string of the molecule is COC(=O)C(O)Cc1ccc(NC(=O)OC(C)(C)C)c(Cl)c1. The summed E-state index contributed by atoms with van der Waals surface area (Å²) < 4.78 is 9.57. The molecular weight excluding hydrogens is 310 g/mol. The van der Waals surface area contributed by atoms with Gasteiger partial charge in [-0.2, -0.15) is 0 Å². The highest BCUT2D eigenvalue weighted by atomic mass is 35.5. The second kappa shape index (κ2) is 7.47. The molecule has 0 saturated carbocycles. The molecule has 1 atom stereocenters. The number of aliphatic hydroxyl groups is 1. The lowest BCUT2D eigenvalue weighted by Gasteiger charge is -2.20. The Labute approximate surface area is 134 Å². The highest BCUT2D eigenvalue weighted by Crippen LogP contribution is 2.24. The summed E-state index contributed by atoms with van der Waals surface area (Å²) >= 11 is 6.07. The Kier molecular flexibility index (Phi) is 6.20. The number of nitrogens with one attached hydrogen (secondary N) is 1. The Bertz CT molecular complexity index is 553. The second-order valence-corrected chi connectivity index (χ2v) is 6.09. The van der Waals surface area contributed by atoms with Gasteiger partial charge in [0.2, 0.25) is 0 Å². The molecule has 7 heteroatoms. The highest BCUT2D eigenvalue weighted by Gasteiger charge is 2.18. The van der Waals surface area contributed by atoms with Crippen molar-refractivity contribution in [3.8, 4) is 0 Å². The summed E-state index contributed by atoms with van der Waals surface area (Å²) in [7, 11) is 1.20. The molecule has 1 aromatic carbocycles. The number of ether oxygens (including phenoxy) is 2. The maximum atomic E-state index is 11.7. The molecule has 1 aromatic rings. The van der Waals surface area contributed by atoms with Crippen molar-refractivity contribution in [2.45, 2.75) is 38.9 Å². The van der Waals surface area contributed by atoms with E-state index in [2.05, 4.69) is 10.1 Å². The van der Waals surface area contributed by atoms with Crippen LogP contribution in [0.4, 0.5) is 10.5 Å². The van der Waals surface area contributed by atoms with E-state index >= 15 is 0 Å². The van der Waals surface area contributed by atoms with Crippen molar-refractivity contribution in [3.05, 3.63) is 28.8 Å². The third kappa shape index (κ3) is 5.91. The normalized spacial score (nSPS) is 12.5. The first-order valence-corrected chi connectivity index (χ1v) is 7.04. The maximum absolute atomic E-state index is 11.7. The van der Waals surface area contributed by atoms with Gasteiger partial charge in [0.25, 0.3) is 0 Å². The summed E-state index contributed by atoms with van der Waals surface area (Å²) in [6.45, 7) is 5.27. The molecule has 0 aromatic heterocycles. The predicted octanol–water partition coefficient (Wildman–Crippen LogP) is 2.76. The van der Waals surface area contributed by atoms with Crippen molar-refractivity contribution in [2.24, 2.45) is 0 Å². The fraction of sp³-hybridized carbons (Fsp3) is 0.467. The monoisotopic (exact) mass is 329 g/mol. The van der Waals surface area contributed by atoms with Crippen molar-refractivity contribution >= 4 is 29.4 Å². The standard InChI is InChI=1S/C15H20ClNO5/c1-15(2,3)22-14(20)17-11-6-5-9(7-10(11)16)8-12(18)13(19)21-4/h5-7,12,18H,8H2,1-4H3,(H,17,20). The van der Waals surface area contributed by atoms with Crippen molar-refractivity contribution in [2.75, 3.05) is 12.4 Å². The van der Waals surface area contributed by atoms with Crippen LogP contribution in [-0.2, 0) is 20.7 Å². The Balaban J connectivity index is 2.74. The maximum Gasteiger partial charge on any atom is 0.412 e. The van der Waals surface area contributed by atoms with Crippen LogP contribution in [0.2, 0.25) is 5.02 Å². The first kappa shape index (κ1) is 18.3. The van der Waals surface area contributed by atoms with Gasteiger partial charge < -0.3 is 14.6 Å². The van der Waals surface area contributed by atoms with Crippen LogP contribution in [0.5, 0.6) is 0 Å². The average molecular weight is 330 g/mol. The van der Waals surface area contributed by atoms with Crippen molar-refractivity contribution in [1.82, 2.24) is 0 Å². The van der Waals surface area contributed by atoms with Gasteiger partial charge in [0.05, 0.1) is 17.8 Å². The smallest absolute Gasteiger partial charge is 0.412 e. The molecule has 122 valence electrons. The van der Waals surface area contributed by atoms with Crippen LogP contribution in [0.3, 0.4) is 0 Å². The van der Waals surface area contributed by atoms with Gasteiger partial charge in [-0.25, -0.2) is 9.59 Å². The Morgan fingerprint density at radius 3 is 2.50 bits per heavy atom. The number of halogens is 1. The number of anilines is 1. The number of carbonyl (C=O) groups is 2. The molecule has 1 rings (SSSR count). The highest BCUT2D eigenvalue weighted by molar-refractivity contribution is 6.33. The number of esters is 1. The van der Waals surface area contributed by atoms with Gasteiger partial charge in [0.1, 0.15) is 5.60 Å². The quantitative estimate of drug-likeness (QED) is 0.830. The van der Waals surface area contributed by atoms with Crippen LogP contribution in [-0.4, -0.2) is 36.0 Å². The largest absolute Gasteiger partial charge is 0.467 e. The van der Waals surface area contributed by atoms with E-state index in [1.807, 2.05) is 0 Å². The summed E-state index contributed by atoms with van der Waals surface area (Å²) in [5.74, 6) is -0.716. The molecule has 0 radical (unpaired) electrons. The second-order valence-electron chi connectivity index (χ2n) is 5.68. The molecule has 0 aliphatic rings. The Morgan fingerprint density at radius 1 is 1.36 bits per heavy atom. The zero-order valence-corrected chi connectivity index (χ0v) is 13.7. The van der Waals surface area contributed by atoms with E-state index in [9.17, 15) is 14.7 Å². The van der Waals surface area contributed by atoms with Crippen molar-refractivity contribution < 1.29 is 24.2 Å².